The highest BCUT2D eigenvalue weighted by Crippen LogP contribution is 2.16. The fourth-order valence-electron chi connectivity index (χ4n) is 2.13. The van der Waals surface area contributed by atoms with Crippen LogP contribution in [0, 0.1) is 18.8 Å². The molecule has 0 aliphatic rings. The molecule has 0 heterocycles. The van der Waals surface area contributed by atoms with Gasteiger partial charge in [0.1, 0.15) is 0 Å². The van der Waals surface area contributed by atoms with Gasteiger partial charge in [-0.25, -0.2) is 0 Å². The lowest BCUT2D eigenvalue weighted by Crippen LogP contribution is -1.99. The van der Waals surface area contributed by atoms with Gasteiger partial charge in [-0.15, -0.1) is 0 Å². The van der Waals surface area contributed by atoms with Gasteiger partial charge in [0.15, 0.2) is 0 Å². The molecule has 0 aromatic heterocycles. The van der Waals surface area contributed by atoms with Gasteiger partial charge in [0.25, 0.3) is 0 Å². The summed E-state index contributed by atoms with van der Waals surface area (Å²) in [6.07, 6.45) is 2.40. The topological polar surface area (TPSA) is 0 Å². The normalized spacial score (nSPS) is 10.7. The molecule has 0 fully saturated rings. The molecule has 0 saturated carbocycles. The van der Waals surface area contributed by atoms with Gasteiger partial charge in [0.2, 0.25) is 0 Å². The van der Waals surface area contributed by atoms with Crippen molar-refractivity contribution >= 4 is 0 Å². The number of aryl methyl sites for hydroxylation is 1. The second kappa shape index (κ2) is 6.73. The number of hydrogen-bond donors (Lipinski definition) is 0. The molecule has 0 atom stereocenters. The first-order valence-corrected chi connectivity index (χ1v) is 6.07. The summed E-state index contributed by atoms with van der Waals surface area (Å²) < 4.78 is 0. The summed E-state index contributed by atoms with van der Waals surface area (Å²) in [6, 6.07) is 7.03. The number of rotatable bonds is 4. The van der Waals surface area contributed by atoms with E-state index in [0.717, 1.165) is 11.8 Å². The van der Waals surface area contributed by atoms with Crippen LogP contribution in [0.3, 0.4) is 0 Å². The maximum atomic E-state index is 2.38. The first-order valence-electron chi connectivity index (χ1n) is 6.07. The highest BCUT2D eigenvalue weighted by atomic mass is 14.1. The molecule has 0 spiro atoms. The average molecular weight is 220 g/mol. The van der Waals surface area contributed by atoms with E-state index >= 15 is 0 Å². The number of hydrogen-bond acceptors (Lipinski definition) is 0. The van der Waals surface area contributed by atoms with Crippen molar-refractivity contribution in [3.05, 3.63) is 34.9 Å². The third kappa shape index (κ3) is 5.34. The van der Waals surface area contributed by atoms with Gasteiger partial charge in [-0.05, 0) is 42.7 Å². The Labute approximate surface area is 102 Å². The molecule has 0 radical (unpaired) electrons. The monoisotopic (exact) mass is 220 g/mol. The lowest BCUT2D eigenvalue weighted by molar-refractivity contribution is 0.635. The third-order valence-electron chi connectivity index (χ3n) is 2.48. The van der Waals surface area contributed by atoms with Crippen molar-refractivity contribution in [2.75, 3.05) is 0 Å². The van der Waals surface area contributed by atoms with E-state index in [1.54, 1.807) is 0 Å². The Balaban J connectivity index is 0.00000225. The Bertz CT molecular complexity index is 280. The molecular formula is C16H28. The van der Waals surface area contributed by atoms with Crippen LogP contribution in [0.1, 0.15) is 51.8 Å². The fourth-order valence-corrected chi connectivity index (χ4v) is 2.13. The van der Waals surface area contributed by atoms with E-state index in [2.05, 4.69) is 52.8 Å². The van der Waals surface area contributed by atoms with E-state index in [1.165, 1.54) is 29.5 Å². The van der Waals surface area contributed by atoms with Gasteiger partial charge in [-0.1, -0.05) is 58.9 Å². The molecule has 0 aliphatic carbocycles. The minimum absolute atomic E-state index is 0. The standard InChI is InChI=1S/C15H24.CH4/c1-11(2)6-14-8-13(5)9-15(10-14)7-12(3)4;/h8-12H,6-7H2,1-5H3;1H4. The van der Waals surface area contributed by atoms with Crippen LogP contribution in [-0.2, 0) is 12.8 Å². The highest BCUT2D eigenvalue weighted by Gasteiger charge is 2.03. The molecule has 1 aromatic rings. The molecule has 1 aromatic carbocycles. The predicted molar refractivity (Wildman–Crippen MR) is 75.0 cm³/mol. The summed E-state index contributed by atoms with van der Waals surface area (Å²) in [7, 11) is 0. The zero-order chi connectivity index (χ0) is 11.4. The van der Waals surface area contributed by atoms with Crippen molar-refractivity contribution in [2.45, 2.75) is 54.9 Å². The van der Waals surface area contributed by atoms with E-state index < -0.39 is 0 Å². The smallest absolute Gasteiger partial charge is 0.0255 e. The van der Waals surface area contributed by atoms with Gasteiger partial charge in [0, 0.05) is 0 Å². The molecule has 1 rings (SSSR count). The minimum atomic E-state index is 0. The lowest BCUT2D eigenvalue weighted by atomic mass is 9.95. The first kappa shape index (κ1) is 15.2. The summed E-state index contributed by atoms with van der Waals surface area (Å²) in [4.78, 5) is 0. The third-order valence-corrected chi connectivity index (χ3v) is 2.48. The first-order chi connectivity index (χ1) is 6.97. The van der Waals surface area contributed by atoms with Gasteiger partial charge in [-0.3, -0.25) is 0 Å². The molecule has 0 aliphatic heterocycles. The largest absolute Gasteiger partial charge is 0.0776 e. The maximum Gasteiger partial charge on any atom is -0.0255 e. The molecule has 0 N–H and O–H groups in total. The van der Waals surface area contributed by atoms with Crippen LogP contribution in [0.5, 0.6) is 0 Å². The molecule has 0 unspecified atom stereocenters. The Morgan fingerprint density at radius 1 is 0.812 bits per heavy atom. The molecule has 16 heavy (non-hydrogen) atoms. The predicted octanol–water partition coefficient (Wildman–Crippen LogP) is 5.03. The van der Waals surface area contributed by atoms with Crippen molar-refractivity contribution in [1.82, 2.24) is 0 Å². The Kier molecular flexibility index (Phi) is 6.40. The maximum absolute atomic E-state index is 2.38. The molecule has 0 saturated heterocycles. The molecule has 92 valence electrons. The van der Waals surface area contributed by atoms with Crippen LogP contribution < -0.4 is 0 Å². The molecule has 0 nitrogen and oxygen atoms in total. The quantitative estimate of drug-likeness (QED) is 0.667. The van der Waals surface area contributed by atoms with E-state index in [1.807, 2.05) is 0 Å². The number of benzene rings is 1. The van der Waals surface area contributed by atoms with Crippen molar-refractivity contribution < 1.29 is 0 Å². The van der Waals surface area contributed by atoms with Crippen LogP contribution in [0.2, 0.25) is 0 Å². The minimum Gasteiger partial charge on any atom is -0.0776 e. The Morgan fingerprint density at radius 2 is 1.19 bits per heavy atom. The molecule has 0 bridgehead atoms. The zero-order valence-electron chi connectivity index (χ0n) is 10.8. The van der Waals surface area contributed by atoms with E-state index in [9.17, 15) is 0 Å². The lowest BCUT2D eigenvalue weighted by Gasteiger charge is -2.11. The van der Waals surface area contributed by atoms with E-state index in [-0.39, 0.29) is 7.43 Å². The van der Waals surface area contributed by atoms with Crippen LogP contribution in [0.15, 0.2) is 18.2 Å². The Hall–Kier alpha value is -0.780. The zero-order valence-corrected chi connectivity index (χ0v) is 10.8. The van der Waals surface area contributed by atoms with Crippen LogP contribution in [-0.4, -0.2) is 0 Å². The SMILES string of the molecule is C.Cc1cc(CC(C)C)cc(CC(C)C)c1. The van der Waals surface area contributed by atoms with Crippen molar-refractivity contribution in [2.24, 2.45) is 11.8 Å². The van der Waals surface area contributed by atoms with E-state index in [0.29, 0.717) is 0 Å². The summed E-state index contributed by atoms with van der Waals surface area (Å²) in [6.45, 7) is 11.3. The van der Waals surface area contributed by atoms with Gasteiger partial charge in [0.05, 0.1) is 0 Å². The second-order valence-electron chi connectivity index (χ2n) is 5.52. The van der Waals surface area contributed by atoms with E-state index in [4.69, 9.17) is 0 Å². The van der Waals surface area contributed by atoms with Gasteiger partial charge >= 0.3 is 0 Å². The molecule has 0 heteroatoms. The molecular weight excluding hydrogens is 192 g/mol. The van der Waals surface area contributed by atoms with Crippen LogP contribution in [0.25, 0.3) is 0 Å². The fraction of sp³-hybridized carbons (Fsp3) is 0.625. The van der Waals surface area contributed by atoms with Crippen molar-refractivity contribution in [3.63, 3.8) is 0 Å². The summed E-state index contributed by atoms with van der Waals surface area (Å²) in [5, 5.41) is 0. The summed E-state index contributed by atoms with van der Waals surface area (Å²) in [5.41, 5.74) is 4.41. The second-order valence-corrected chi connectivity index (χ2v) is 5.52. The van der Waals surface area contributed by atoms with Crippen LogP contribution in [0.4, 0.5) is 0 Å². The summed E-state index contributed by atoms with van der Waals surface area (Å²) >= 11 is 0. The van der Waals surface area contributed by atoms with Crippen molar-refractivity contribution in [3.8, 4) is 0 Å². The molecule has 0 amide bonds. The van der Waals surface area contributed by atoms with Gasteiger partial charge < -0.3 is 0 Å². The highest BCUT2D eigenvalue weighted by molar-refractivity contribution is 5.30. The van der Waals surface area contributed by atoms with Crippen LogP contribution >= 0.6 is 0 Å². The average Bonchev–Trinajstić information content (AvgIpc) is 1.98. The Morgan fingerprint density at radius 3 is 1.50 bits per heavy atom. The van der Waals surface area contributed by atoms with Gasteiger partial charge in [-0.2, -0.15) is 0 Å². The van der Waals surface area contributed by atoms with Crippen molar-refractivity contribution in [1.29, 1.82) is 0 Å². The summed E-state index contributed by atoms with van der Waals surface area (Å²) in [5.74, 6) is 1.50.